The number of allylic oxidation sites excluding steroid dienone is 2. The van der Waals surface area contributed by atoms with Gasteiger partial charge in [-0.2, -0.15) is 0 Å². The summed E-state index contributed by atoms with van der Waals surface area (Å²) >= 11 is 0. The Labute approximate surface area is 65.7 Å². The summed E-state index contributed by atoms with van der Waals surface area (Å²) < 4.78 is 4.87. The number of esters is 1. The van der Waals surface area contributed by atoms with Crippen molar-refractivity contribution in [2.75, 3.05) is 0 Å². The van der Waals surface area contributed by atoms with E-state index in [1.807, 2.05) is 13.8 Å². The van der Waals surface area contributed by atoms with Crippen molar-refractivity contribution < 1.29 is 9.53 Å². The second-order valence-corrected chi connectivity index (χ2v) is 2.42. The molecule has 0 atom stereocenters. The monoisotopic (exact) mass is 153 g/mol. The molecule has 1 rings (SSSR count). The van der Waals surface area contributed by atoms with E-state index in [1.54, 1.807) is 13.0 Å². The molecule has 0 fully saturated rings. The maximum Gasteiger partial charge on any atom is 0.342 e. The predicted octanol–water partition coefficient (Wildman–Crippen LogP) is 1.29. The molecule has 11 heavy (non-hydrogen) atoms. The van der Waals surface area contributed by atoms with Gasteiger partial charge in [0.25, 0.3) is 0 Å². The van der Waals surface area contributed by atoms with Gasteiger partial charge in [-0.25, -0.2) is 4.79 Å². The highest BCUT2D eigenvalue weighted by Crippen LogP contribution is 2.12. The van der Waals surface area contributed by atoms with Gasteiger partial charge in [0, 0.05) is 5.70 Å². The molecule has 0 aromatic heterocycles. The minimum Gasteiger partial charge on any atom is -0.406 e. The minimum absolute atomic E-state index is 0.269. The van der Waals surface area contributed by atoms with Crippen molar-refractivity contribution in [3.63, 3.8) is 0 Å². The van der Waals surface area contributed by atoms with Crippen LogP contribution < -0.4 is 5.32 Å². The van der Waals surface area contributed by atoms with Crippen molar-refractivity contribution in [2.45, 2.75) is 20.8 Å². The number of hydrogen-bond acceptors (Lipinski definition) is 3. The summed E-state index contributed by atoms with van der Waals surface area (Å²) in [5.41, 5.74) is 1.49. The smallest absolute Gasteiger partial charge is 0.342 e. The Balaban J connectivity index is 2.94. The number of carbonyl (C=O) groups is 1. The van der Waals surface area contributed by atoms with E-state index in [0.717, 1.165) is 5.70 Å². The van der Waals surface area contributed by atoms with Crippen molar-refractivity contribution in [3.8, 4) is 0 Å². The molecule has 0 saturated carbocycles. The lowest BCUT2D eigenvalue weighted by atomic mass is 10.2. The lowest BCUT2D eigenvalue weighted by Gasteiger charge is -2.18. The molecular weight excluding hydrogens is 142 g/mol. The maximum atomic E-state index is 11.0. The fraction of sp³-hybridized carbons (Fsp3) is 0.375. The van der Waals surface area contributed by atoms with Crippen LogP contribution in [0.5, 0.6) is 0 Å². The third kappa shape index (κ3) is 1.42. The van der Waals surface area contributed by atoms with E-state index in [-0.39, 0.29) is 5.97 Å². The molecule has 0 unspecified atom stereocenters. The normalized spacial score (nSPS) is 21.7. The van der Waals surface area contributed by atoms with Crippen molar-refractivity contribution in [1.82, 2.24) is 5.32 Å². The third-order valence-corrected chi connectivity index (χ3v) is 1.64. The van der Waals surface area contributed by atoms with Crippen molar-refractivity contribution in [3.05, 3.63) is 23.2 Å². The van der Waals surface area contributed by atoms with Gasteiger partial charge in [0.2, 0.25) is 0 Å². The molecule has 0 aromatic rings. The van der Waals surface area contributed by atoms with Gasteiger partial charge in [0.05, 0.1) is 5.57 Å². The van der Waals surface area contributed by atoms with Crippen LogP contribution in [-0.4, -0.2) is 5.97 Å². The first kappa shape index (κ1) is 7.85. The lowest BCUT2D eigenvalue weighted by molar-refractivity contribution is -0.136. The van der Waals surface area contributed by atoms with Crippen LogP contribution in [0.3, 0.4) is 0 Å². The maximum absolute atomic E-state index is 11.0. The molecule has 0 aromatic carbocycles. The van der Waals surface area contributed by atoms with Gasteiger partial charge >= 0.3 is 5.97 Å². The molecule has 0 spiro atoms. The highest BCUT2D eigenvalue weighted by Gasteiger charge is 2.17. The van der Waals surface area contributed by atoms with Crippen LogP contribution in [0.1, 0.15) is 20.8 Å². The minimum atomic E-state index is -0.269. The SMILES string of the molecule is C/C=C1/NC(C)=C(C)C(=O)O1. The van der Waals surface area contributed by atoms with Crippen LogP contribution in [0.15, 0.2) is 23.2 Å². The van der Waals surface area contributed by atoms with E-state index in [2.05, 4.69) is 5.32 Å². The molecule has 60 valence electrons. The summed E-state index contributed by atoms with van der Waals surface area (Å²) in [5, 5.41) is 2.94. The topological polar surface area (TPSA) is 38.3 Å². The molecule has 0 saturated heterocycles. The van der Waals surface area contributed by atoms with E-state index in [0.29, 0.717) is 11.5 Å². The van der Waals surface area contributed by atoms with Gasteiger partial charge < -0.3 is 10.1 Å². The van der Waals surface area contributed by atoms with E-state index in [4.69, 9.17) is 4.74 Å². The van der Waals surface area contributed by atoms with Gasteiger partial charge in [0.15, 0.2) is 5.88 Å². The highest BCUT2D eigenvalue weighted by molar-refractivity contribution is 5.90. The zero-order valence-corrected chi connectivity index (χ0v) is 6.89. The molecule has 1 heterocycles. The Bertz CT molecular complexity index is 251. The lowest BCUT2D eigenvalue weighted by Crippen LogP contribution is -2.25. The predicted molar refractivity (Wildman–Crippen MR) is 41.4 cm³/mol. The number of rotatable bonds is 0. The largest absolute Gasteiger partial charge is 0.406 e. The van der Waals surface area contributed by atoms with Gasteiger partial charge in [-0.15, -0.1) is 0 Å². The average molecular weight is 153 g/mol. The van der Waals surface area contributed by atoms with Gasteiger partial charge in [-0.3, -0.25) is 0 Å². The fourth-order valence-corrected chi connectivity index (χ4v) is 0.765. The molecule has 0 radical (unpaired) electrons. The molecule has 0 aliphatic carbocycles. The van der Waals surface area contributed by atoms with E-state index in [9.17, 15) is 4.79 Å². The molecule has 0 amide bonds. The first-order valence-electron chi connectivity index (χ1n) is 3.48. The van der Waals surface area contributed by atoms with E-state index >= 15 is 0 Å². The zero-order chi connectivity index (χ0) is 8.43. The van der Waals surface area contributed by atoms with Gasteiger partial charge in [-0.05, 0) is 26.8 Å². The van der Waals surface area contributed by atoms with Crippen LogP contribution >= 0.6 is 0 Å². The van der Waals surface area contributed by atoms with Crippen LogP contribution in [0.25, 0.3) is 0 Å². The summed E-state index contributed by atoms with van der Waals surface area (Å²) in [6, 6.07) is 0. The van der Waals surface area contributed by atoms with Gasteiger partial charge in [-0.1, -0.05) is 0 Å². The number of nitrogens with one attached hydrogen (secondary N) is 1. The average Bonchev–Trinajstić information content (AvgIpc) is 1.99. The molecule has 0 bridgehead atoms. The quantitative estimate of drug-likeness (QED) is 0.533. The first-order valence-corrected chi connectivity index (χ1v) is 3.48. The van der Waals surface area contributed by atoms with Crippen molar-refractivity contribution in [2.24, 2.45) is 0 Å². The Kier molecular flexibility index (Phi) is 1.98. The number of ether oxygens (including phenoxy) is 1. The Morgan fingerprint density at radius 2 is 2.09 bits per heavy atom. The summed E-state index contributed by atoms with van der Waals surface area (Å²) in [7, 11) is 0. The van der Waals surface area contributed by atoms with Crippen molar-refractivity contribution in [1.29, 1.82) is 0 Å². The zero-order valence-electron chi connectivity index (χ0n) is 6.89. The van der Waals surface area contributed by atoms with Crippen LogP contribution in [0, 0.1) is 0 Å². The summed E-state index contributed by atoms with van der Waals surface area (Å²) in [6.07, 6.45) is 1.72. The molecule has 3 heteroatoms. The molecule has 3 nitrogen and oxygen atoms in total. The third-order valence-electron chi connectivity index (χ3n) is 1.64. The number of cyclic esters (lactones) is 1. The number of carbonyl (C=O) groups excluding carboxylic acids is 1. The molecular formula is C8H11NO2. The second-order valence-electron chi connectivity index (χ2n) is 2.42. The van der Waals surface area contributed by atoms with Crippen molar-refractivity contribution >= 4 is 5.97 Å². The Morgan fingerprint density at radius 3 is 2.55 bits per heavy atom. The van der Waals surface area contributed by atoms with E-state index < -0.39 is 0 Å². The summed E-state index contributed by atoms with van der Waals surface area (Å²) in [6.45, 7) is 5.39. The Hall–Kier alpha value is -1.25. The molecule has 1 N–H and O–H groups in total. The summed E-state index contributed by atoms with van der Waals surface area (Å²) in [5.74, 6) is 0.243. The first-order chi connectivity index (χ1) is 5.15. The standard InChI is InChI=1S/C8H11NO2/c1-4-7-9-6(3)5(2)8(10)11-7/h4,9H,1-3H3/b7-4-. The summed E-state index contributed by atoms with van der Waals surface area (Å²) in [4.78, 5) is 11.0. The van der Waals surface area contributed by atoms with Crippen LogP contribution in [-0.2, 0) is 9.53 Å². The van der Waals surface area contributed by atoms with Crippen LogP contribution in [0.4, 0.5) is 0 Å². The number of hydrogen-bond donors (Lipinski definition) is 1. The second kappa shape index (κ2) is 2.78. The Morgan fingerprint density at radius 1 is 1.45 bits per heavy atom. The molecule has 1 aliphatic rings. The molecule has 1 aliphatic heterocycles. The van der Waals surface area contributed by atoms with Gasteiger partial charge in [0.1, 0.15) is 0 Å². The highest BCUT2D eigenvalue weighted by atomic mass is 16.5. The van der Waals surface area contributed by atoms with E-state index in [1.165, 1.54) is 0 Å². The fourth-order valence-electron chi connectivity index (χ4n) is 0.765. The van der Waals surface area contributed by atoms with Crippen LogP contribution in [0.2, 0.25) is 0 Å².